The molecule has 23 heavy (non-hydrogen) atoms. The summed E-state index contributed by atoms with van der Waals surface area (Å²) in [6, 6.07) is 9.38. The third-order valence-corrected chi connectivity index (χ3v) is 4.44. The van der Waals surface area contributed by atoms with Crippen molar-refractivity contribution in [3.05, 3.63) is 41.7 Å². The molecule has 7 nitrogen and oxygen atoms in total. The van der Waals surface area contributed by atoms with Gasteiger partial charge in [0.25, 0.3) is 5.91 Å². The molecule has 0 radical (unpaired) electrons. The minimum Gasteiger partial charge on any atom is -0.480 e. The lowest BCUT2D eigenvalue weighted by atomic mass is 9.99. The number of carbonyl (C=O) groups is 2. The third kappa shape index (κ3) is 2.38. The lowest BCUT2D eigenvalue weighted by Crippen LogP contribution is -2.51. The van der Waals surface area contributed by atoms with Crippen LogP contribution in [-0.4, -0.2) is 49.0 Å². The zero-order valence-electron chi connectivity index (χ0n) is 13.1. The van der Waals surface area contributed by atoms with E-state index in [4.69, 9.17) is 0 Å². The highest BCUT2D eigenvalue weighted by atomic mass is 16.4. The summed E-state index contributed by atoms with van der Waals surface area (Å²) in [5, 5.41) is 17.5. The molecule has 1 amide bonds. The minimum absolute atomic E-state index is 0.197. The quantitative estimate of drug-likeness (QED) is 0.930. The number of likely N-dealkylation sites (tertiary alicyclic amines) is 1. The zero-order chi connectivity index (χ0) is 16.6. The average Bonchev–Trinajstić information content (AvgIpc) is 3.12. The summed E-state index contributed by atoms with van der Waals surface area (Å²) in [6.45, 7) is 3.75. The second kappa shape index (κ2) is 5.49. The van der Waals surface area contributed by atoms with Gasteiger partial charge in [0.1, 0.15) is 5.54 Å². The Labute approximate surface area is 133 Å². The van der Waals surface area contributed by atoms with E-state index in [0.717, 1.165) is 5.69 Å². The van der Waals surface area contributed by atoms with Gasteiger partial charge in [0.15, 0.2) is 5.69 Å². The summed E-state index contributed by atoms with van der Waals surface area (Å²) >= 11 is 0. The predicted octanol–water partition coefficient (Wildman–Crippen LogP) is 1.66. The number of carboxylic acids is 1. The fourth-order valence-electron chi connectivity index (χ4n) is 2.98. The van der Waals surface area contributed by atoms with E-state index in [1.54, 1.807) is 18.5 Å². The van der Waals surface area contributed by atoms with E-state index in [0.29, 0.717) is 25.1 Å². The monoisotopic (exact) mass is 314 g/mol. The van der Waals surface area contributed by atoms with Crippen molar-refractivity contribution in [2.45, 2.75) is 32.2 Å². The average molecular weight is 314 g/mol. The first kappa shape index (κ1) is 15.2. The first-order chi connectivity index (χ1) is 10.9. The summed E-state index contributed by atoms with van der Waals surface area (Å²) in [6.07, 6.45) is 1.11. The molecule has 1 atom stereocenters. The highest BCUT2D eigenvalue weighted by molar-refractivity contribution is 5.97. The van der Waals surface area contributed by atoms with Crippen LogP contribution in [0.4, 0.5) is 0 Å². The first-order valence-electron chi connectivity index (χ1n) is 7.48. The smallest absolute Gasteiger partial charge is 0.329 e. The van der Waals surface area contributed by atoms with E-state index in [-0.39, 0.29) is 11.6 Å². The molecule has 1 N–H and O–H groups in total. The Morgan fingerprint density at radius 1 is 1.26 bits per heavy atom. The maximum Gasteiger partial charge on any atom is 0.329 e. The SMILES string of the molecule is Cc1c(C(=O)N2CCCC2(C)C(=O)O)nnn1-c1ccccc1. The lowest BCUT2D eigenvalue weighted by Gasteiger charge is -2.30. The molecule has 1 saturated heterocycles. The van der Waals surface area contributed by atoms with Gasteiger partial charge in [0.05, 0.1) is 11.4 Å². The van der Waals surface area contributed by atoms with Crippen molar-refractivity contribution >= 4 is 11.9 Å². The Bertz CT molecular complexity index is 756. The molecular formula is C16H18N4O3. The van der Waals surface area contributed by atoms with Crippen LogP contribution < -0.4 is 0 Å². The molecule has 7 heteroatoms. The molecule has 0 aliphatic carbocycles. The molecule has 120 valence electrons. The Morgan fingerprint density at radius 2 is 1.96 bits per heavy atom. The fraction of sp³-hybridized carbons (Fsp3) is 0.375. The van der Waals surface area contributed by atoms with E-state index in [1.807, 2.05) is 30.3 Å². The van der Waals surface area contributed by atoms with Gasteiger partial charge in [0, 0.05) is 6.54 Å². The second-order valence-corrected chi connectivity index (χ2v) is 5.91. The van der Waals surface area contributed by atoms with Crippen LogP contribution in [0.15, 0.2) is 30.3 Å². The standard InChI is InChI=1S/C16H18N4O3/c1-11-13(17-18-20(11)12-7-4-3-5-8-12)14(21)19-10-6-9-16(19,2)15(22)23/h3-5,7-8H,6,9-10H2,1-2H3,(H,22,23). The zero-order valence-corrected chi connectivity index (χ0v) is 13.1. The largest absolute Gasteiger partial charge is 0.480 e. The number of amides is 1. The van der Waals surface area contributed by atoms with Gasteiger partial charge in [-0.1, -0.05) is 23.4 Å². The fourth-order valence-corrected chi connectivity index (χ4v) is 2.98. The van der Waals surface area contributed by atoms with E-state index in [1.165, 1.54) is 4.90 Å². The minimum atomic E-state index is -1.18. The van der Waals surface area contributed by atoms with Gasteiger partial charge in [-0.15, -0.1) is 5.10 Å². The summed E-state index contributed by atoms with van der Waals surface area (Å²) in [7, 11) is 0. The van der Waals surface area contributed by atoms with Crippen molar-refractivity contribution < 1.29 is 14.7 Å². The summed E-state index contributed by atoms with van der Waals surface area (Å²) in [4.78, 5) is 25.7. The number of carboxylic acid groups (broad SMARTS) is 1. The van der Waals surface area contributed by atoms with Crippen LogP contribution in [0.25, 0.3) is 5.69 Å². The van der Waals surface area contributed by atoms with Gasteiger partial charge in [-0.2, -0.15) is 0 Å². The number of aliphatic carboxylic acids is 1. The topological polar surface area (TPSA) is 88.3 Å². The van der Waals surface area contributed by atoms with Crippen LogP contribution in [0.5, 0.6) is 0 Å². The summed E-state index contributed by atoms with van der Waals surface area (Å²) in [5.41, 5.74) is 0.420. The molecule has 1 aliphatic heterocycles. The van der Waals surface area contributed by atoms with E-state index >= 15 is 0 Å². The molecular weight excluding hydrogens is 296 g/mol. The van der Waals surface area contributed by atoms with Crippen molar-refractivity contribution in [2.75, 3.05) is 6.54 Å². The van der Waals surface area contributed by atoms with Crippen LogP contribution in [0, 0.1) is 6.92 Å². The highest BCUT2D eigenvalue weighted by Gasteiger charge is 2.47. The number of rotatable bonds is 3. The maximum atomic E-state index is 12.8. The van der Waals surface area contributed by atoms with Gasteiger partial charge < -0.3 is 10.0 Å². The molecule has 1 aromatic carbocycles. The Balaban J connectivity index is 1.96. The maximum absolute atomic E-state index is 12.8. The predicted molar refractivity (Wildman–Crippen MR) is 82.4 cm³/mol. The van der Waals surface area contributed by atoms with Gasteiger partial charge in [0.2, 0.25) is 0 Å². The highest BCUT2D eigenvalue weighted by Crippen LogP contribution is 2.31. The second-order valence-electron chi connectivity index (χ2n) is 5.91. The van der Waals surface area contributed by atoms with Crippen molar-refractivity contribution in [3.8, 4) is 5.69 Å². The molecule has 1 unspecified atom stereocenters. The van der Waals surface area contributed by atoms with E-state index in [9.17, 15) is 14.7 Å². The molecule has 1 fully saturated rings. The molecule has 1 aliphatic rings. The molecule has 0 bridgehead atoms. The van der Waals surface area contributed by atoms with Gasteiger partial charge >= 0.3 is 5.97 Å². The van der Waals surface area contributed by atoms with Crippen LogP contribution in [-0.2, 0) is 4.79 Å². The van der Waals surface area contributed by atoms with Crippen molar-refractivity contribution in [2.24, 2.45) is 0 Å². The van der Waals surface area contributed by atoms with Crippen molar-refractivity contribution in [3.63, 3.8) is 0 Å². The molecule has 3 rings (SSSR count). The van der Waals surface area contributed by atoms with Gasteiger partial charge in [-0.3, -0.25) is 4.79 Å². The summed E-state index contributed by atoms with van der Waals surface area (Å²) in [5.74, 6) is -1.37. The van der Waals surface area contributed by atoms with E-state index < -0.39 is 11.5 Å². The molecule has 2 aromatic rings. The normalized spacial score (nSPS) is 20.7. The molecule has 2 heterocycles. The Kier molecular flexibility index (Phi) is 3.63. The summed E-state index contributed by atoms with van der Waals surface area (Å²) < 4.78 is 1.58. The number of aromatic nitrogens is 3. The van der Waals surface area contributed by atoms with Crippen molar-refractivity contribution in [1.29, 1.82) is 0 Å². The molecule has 1 aromatic heterocycles. The van der Waals surface area contributed by atoms with E-state index in [2.05, 4.69) is 10.3 Å². The number of para-hydroxylation sites is 1. The number of benzene rings is 1. The number of nitrogens with zero attached hydrogens (tertiary/aromatic N) is 4. The van der Waals surface area contributed by atoms with Gasteiger partial charge in [-0.05, 0) is 38.8 Å². The Hall–Kier alpha value is -2.70. The van der Waals surface area contributed by atoms with Crippen molar-refractivity contribution in [1.82, 2.24) is 19.9 Å². The number of hydrogen-bond acceptors (Lipinski definition) is 4. The van der Waals surface area contributed by atoms with Crippen LogP contribution in [0.1, 0.15) is 35.9 Å². The van der Waals surface area contributed by atoms with Crippen LogP contribution in [0.2, 0.25) is 0 Å². The number of hydrogen-bond donors (Lipinski definition) is 1. The number of carbonyl (C=O) groups excluding carboxylic acids is 1. The van der Waals surface area contributed by atoms with Crippen LogP contribution in [0.3, 0.4) is 0 Å². The molecule has 0 saturated carbocycles. The van der Waals surface area contributed by atoms with Crippen LogP contribution >= 0.6 is 0 Å². The molecule has 0 spiro atoms. The Morgan fingerprint density at radius 3 is 2.61 bits per heavy atom. The first-order valence-corrected chi connectivity index (χ1v) is 7.48. The third-order valence-electron chi connectivity index (χ3n) is 4.44. The lowest BCUT2D eigenvalue weighted by molar-refractivity contribution is -0.147. The van der Waals surface area contributed by atoms with Gasteiger partial charge in [-0.25, -0.2) is 9.48 Å².